The van der Waals surface area contributed by atoms with Crippen molar-refractivity contribution in [1.82, 2.24) is 10.0 Å². The molecule has 4 rings (SSSR count). The van der Waals surface area contributed by atoms with Gasteiger partial charge in [-0.15, -0.1) is 0 Å². The molecule has 172 valence electrons. The predicted molar refractivity (Wildman–Crippen MR) is 122 cm³/mol. The summed E-state index contributed by atoms with van der Waals surface area (Å²) in [6, 6.07) is 11.3. The van der Waals surface area contributed by atoms with Gasteiger partial charge in [0.25, 0.3) is 0 Å². The first-order chi connectivity index (χ1) is 16.0. The van der Waals surface area contributed by atoms with Gasteiger partial charge in [0.15, 0.2) is 0 Å². The summed E-state index contributed by atoms with van der Waals surface area (Å²) in [6.45, 7) is 1.34. The standard InChI is InChI=1S/C24H27N5O4/c1-29(31-2)23(26)19-13-20(19)24(30)28-22-12-16(5-8-27-22)15-3-4-21(17(11-15)14-25)33-18-6-9-32-10-7-18/h3-5,8,11-12,18-20,26H,6-7,9-10,13H2,1-2H3,(H,27,28,30)/t19-,20-/m1/s1. The Bertz CT molecular complexity index is 1080. The number of hydrogen-bond donors (Lipinski definition) is 2. The molecule has 1 aliphatic heterocycles. The van der Waals surface area contributed by atoms with Crippen molar-refractivity contribution in [2.24, 2.45) is 11.8 Å². The third-order valence-electron chi connectivity index (χ3n) is 6.00. The quantitative estimate of drug-likeness (QED) is 0.378. The van der Waals surface area contributed by atoms with E-state index in [2.05, 4.69) is 16.4 Å². The van der Waals surface area contributed by atoms with Crippen molar-refractivity contribution >= 4 is 17.6 Å². The molecule has 1 amide bonds. The fourth-order valence-electron chi connectivity index (χ4n) is 3.89. The Morgan fingerprint density at radius 2 is 2.00 bits per heavy atom. The molecule has 9 nitrogen and oxygen atoms in total. The lowest BCUT2D eigenvalue weighted by Crippen LogP contribution is -2.28. The number of hydrogen-bond acceptors (Lipinski definition) is 7. The van der Waals surface area contributed by atoms with Crippen molar-refractivity contribution in [2.75, 3.05) is 32.7 Å². The number of carbonyl (C=O) groups is 1. The lowest BCUT2D eigenvalue weighted by molar-refractivity contribution is -0.117. The number of aromatic nitrogens is 1. The zero-order chi connectivity index (χ0) is 23.4. The highest BCUT2D eigenvalue weighted by Crippen LogP contribution is 2.41. The molecule has 1 aromatic carbocycles. The van der Waals surface area contributed by atoms with Crippen LogP contribution in [0.4, 0.5) is 5.82 Å². The molecule has 2 aromatic rings. The number of ether oxygens (including phenoxy) is 2. The van der Waals surface area contributed by atoms with Crippen LogP contribution in [-0.4, -0.2) is 55.3 Å². The summed E-state index contributed by atoms with van der Waals surface area (Å²) in [6.07, 6.45) is 3.90. The van der Waals surface area contributed by atoms with Crippen molar-refractivity contribution in [3.63, 3.8) is 0 Å². The van der Waals surface area contributed by atoms with E-state index in [1.807, 2.05) is 18.2 Å². The lowest BCUT2D eigenvalue weighted by Gasteiger charge is -2.23. The number of amidine groups is 1. The van der Waals surface area contributed by atoms with Crippen LogP contribution in [0.5, 0.6) is 5.75 Å². The topological polar surface area (TPSA) is 121 Å². The third kappa shape index (κ3) is 5.30. The van der Waals surface area contributed by atoms with E-state index in [4.69, 9.17) is 19.7 Å². The minimum absolute atomic E-state index is 0.0517. The molecule has 2 N–H and O–H groups in total. The van der Waals surface area contributed by atoms with E-state index in [1.54, 1.807) is 25.4 Å². The summed E-state index contributed by atoms with van der Waals surface area (Å²) in [5, 5.41) is 21.9. The first kappa shape index (κ1) is 22.7. The second kappa shape index (κ2) is 9.98. The van der Waals surface area contributed by atoms with Crippen LogP contribution in [0.25, 0.3) is 11.1 Å². The molecule has 2 fully saturated rings. The second-order valence-electron chi connectivity index (χ2n) is 8.19. The van der Waals surface area contributed by atoms with Gasteiger partial charge in [-0.2, -0.15) is 5.26 Å². The molecule has 0 radical (unpaired) electrons. The number of amides is 1. The number of carbonyl (C=O) groups excluding carboxylic acids is 1. The van der Waals surface area contributed by atoms with Crippen LogP contribution in [0.2, 0.25) is 0 Å². The fraction of sp³-hybridized carbons (Fsp3) is 0.417. The van der Waals surface area contributed by atoms with Gasteiger partial charge in [-0.1, -0.05) is 6.07 Å². The van der Waals surface area contributed by atoms with E-state index in [1.165, 1.54) is 12.2 Å². The average molecular weight is 450 g/mol. The van der Waals surface area contributed by atoms with E-state index in [0.29, 0.717) is 36.8 Å². The molecule has 0 unspecified atom stereocenters. The van der Waals surface area contributed by atoms with Crippen LogP contribution in [0.3, 0.4) is 0 Å². The van der Waals surface area contributed by atoms with Gasteiger partial charge in [-0.05, 0) is 41.8 Å². The minimum Gasteiger partial charge on any atom is -0.489 e. The van der Waals surface area contributed by atoms with Crippen LogP contribution >= 0.6 is 0 Å². The van der Waals surface area contributed by atoms with E-state index < -0.39 is 0 Å². The van der Waals surface area contributed by atoms with E-state index in [9.17, 15) is 10.1 Å². The Morgan fingerprint density at radius 3 is 2.73 bits per heavy atom. The van der Waals surface area contributed by atoms with Gasteiger partial charge in [0.2, 0.25) is 5.91 Å². The Balaban J connectivity index is 1.44. The zero-order valence-corrected chi connectivity index (χ0v) is 18.7. The molecule has 9 heteroatoms. The summed E-state index contributed by atoms with van der Waals surface area (Å²) in [7, 11) is 3.14. The van der Waals surface area contributed by atoms with Crippen LogP contribution in [0, 0.1) is 28.6 Å². The molecular formula is C24H27N5O4. The minimum atomic E-state index is -0.271. The number of nitrogens with one attached hydrogen (secondary N) is 2. The van der Waals surface area contributed by atoms with Crippen molar-refractivity contribution in [2.45, 2.75) is 25.4 Å². The maximum absolute atomic E-state index is 12.6. The van der Waals surface area contributed by atoms with Gasteiger partial charge in [0, 0.05) is 37.9 Å². The first-order valence-electron chi connectivity index (χ1n) is 10.9. The van der Waals surface area contributed by atoms with E-state index >= 15 is 0 Å². The highest BCUT2D eigenvalue weighted by molar-refractivity contribution is 5.99. The Morgan fingerprint density at radius 1 is 1.24 bits per heavy atom. The summed E-state index contributed by atoms with van der Waals surface area (Å²) in [5.74, 6) is 0.685. The van der Waals surface area contributed by atoms with Gasteiger partial charge in [0.1, 0.15) is 29.6 Å². The molecule has 2 heterocycles. The molecule has 1 aromatic heterocycles. The van der Waals surface area contributed by atoms with Crippen molar-refractivity contribution in [1.29, 1.82) is 10.7 Å². The maximum atomic E-state index is 12.6. The number of pyridine rings is 1. The van der Waals surface area contributed by atoms with Crippen LogP contribution < -0.4 is 10.1 Å². The Hall–Kier alpha value is -3.48. The van der Waals surface area contributed by atoms with Gasteiger partial charge < -0.3 is 14.8 Å². The molecule has 1 aliphatic carbocycles. The maximum Gasteiger partial charge on any atom is 0.229 e. The van der Waals surface area contributed by atoms with Crippen molar-refractivity contribution < 1.29 is 19.1 Å². The van der Waals surface area contributed by atoms with E-state index in [-0.39, 0.29) is 29.7 Å². The summed E-state index contributed by atoms with van der Waals surface area (Å²) in [4.78, 5) is 21.9. The molecule has 2 aliphatic rings. The molecule has 0 bridgehead atoms. The number of benzene rings is 1. The fourth-order valence-corrected chi connectivity index (χ4v) is 3.89. The Labute approximate surface area is 192 Å². The zero-order valence-electron chi connectivity index (χ0n) is 18.7. The van der Waals surface area contributed by atoms with Gasteiger partial charge >= 0.3 is 0 Å². The normalized spacial score (nSPS) is 19.9. The molecular weight excluding hydrogens is 422 g/mol. The van der Waals surface area contributed by atoms with E-state index in [0.717, 1.165) is 24.0 Å². The van der Waals surface area contributed by atoms with Crippen LogP contribution in [0.1, 0.15) is 24.8 Å². The highest BCUT2D eigenvalue weighted by Gasteiger charge is 2.47. The molecule has 33 heavy (non-hydrogen) atoms. The van der Waals surface area contributed by atoms with Gasteiger partial charge in [0.05, 0.1) is 25.9 Å². The molecule has 0 spiro atoms. The van der Waals surface area contributed by atoms with Gasteiger partial charge in [-0.25, -0.2) is 10.0 Å². The first-order valence-corrected chi connectivity index (χ1v) is 10.9. The van der Waals surface area contributed by atoms with Crippen LogP contribution in [0.15, 0.2) is 36.5 Å². The van der Waals surface area contributed by atoms with Crippen LogP contribution in [-0.2, 0) is 14.4 Å². The predicted octanol–water partition coefficient (Wildman–Crippen LogP) is 3.22. The summed E-state index contributed by atoms with van der Waals surface area (Å²) >= 11 is 0. The summed E-state index contributed by atoms with van der Waals surface area (Å²) < 4.78 is 11.4. The number of nitrogens with zero attached hydrogens (tertiary/aromatic N) is 3. The summed E-state index contributed by atoms with van der Waals surface area (Å²) in [5.41, 5.74) is 2.12. The molecule has 1 saturated carbocycles. The third-order valence-corrected chi connectivity index (χ3v) is 6.00. The highest BCUT2D eigenvalue weighted by atomic mass is 16.7. The molecule has 2 atom stereocenters. The lowest BCUT2D eigenvalue weighted by atomic mass is 10.0. The largest absolute Gasteiger partial charge is 0.489 e. The van der Waals surface area contributed by atoms with Crippen molar-refractivity contribution in [3.05, 3.63) is 42.1 Å². The average Bonchev–Trinajstić information content (AvgIpc) is 3.65. The van der Waals surface area contributed by atoms with Crippen molar-refractivity contribution in [3.8, 4) is 22.9 Å². The molecule has 1 saturated heterocycles. The number of nitriles is 1. The SMILES string of the molecule is CON(C)C(=N)[C@@H]1C[C@H]1C(=O)Nc1cc(-c2ccc(OC3CCOCC3)c(C#N)c2)ccn1. The monoisotopic (exact) mass is 449 g/mol. The smallest absolute Gasteiger partial charge is 0.229 e. The second-order valence-corrected chi connectivity index (χ2v) is 8.19. The number of anilines is 1. The number of rotatable bonds is 7. The Kier molecular flexibility index (Phi) is 6.87. The number of hydroxylamine groups is 2. The van der Waals surface area contributed by atoms with Gasteiger partial charge in [-0.3, -0.25) is 15.0 Å².